The predicted octanol–water partition coefficient (Wildman–Crippen LogP) is 2.53. The van der Waals surface area contributed by atoms with Crippen molar-refractivity contribution < 1.29 is 19.3 Å². The Kier molecular flexibility index (Phi) is 9.43. The van der Waals surface area contributed by atoms with Gasteiger partial charge in [-0.1, -0.05) is 38.5 Å². The number of aliphatic hydroxyl groups excluding tert-OH is 1. The number of epoxide rings is 2. The van der Waals surface area contributed by atoms with Crippen LogP contribution >= 0.6 is 0 Å². The molecule has 4 nitrogen and oxygen atoms in total. The van der Waals surface area contributed by atoms with Gasteiger partial charge in [-0.05, 0) is 13.8 Å². The van der Waals surface area contributed by atoms with Gasteiger partial charge in [0.2, 0.25) is 0 Å². The molecule has 0 bridgehead atoms. The molecule has 2 saturated heterocycles. The molecule has 114 valence electrons. The molecular formula is C15H30O4. The van der Waals surface area contributed by atoms with Crippen LogP contribution in [0.25, 0.3) is 0 Å². The summed E-state index contributed by atoms with van der Waals surface area (Å²) in [5.41, 5.74) is 0. The van der Waals surface area contributed by atoms with Crippen LogP contribution in [0.4, 0.5) is 0 Å². The first-order chi connectivity index (χ1) is 9.18. The summed E-state index contributed by atoms with van der Waals surface area (Å²) in [5.74, 6) is 0. The van der Waals surface area contributed by atoms with Crippen LogP contribution in [0, 0.1) is 0 Å². The second kappa shape index (κ2) is 10.6. The summed E-state index contributed by atoms with van der Waals surface area (Å²) in [5, 5.41) is 8.06. The van der Waals surface area contributed by atoms with E-state index >= 15 is 0 Å². The smallest absolute Gasteiger partial charge is 0.104 e. The maximum Gasteiger partial charge on any atom is 0.104 e. The number of aliphatic hydroxyl groups is 1. The van der Waals surface area contributed by atoms with Crippen LogP contribution in [0.15, 0.2) is 0 Å². The third-order valence-electron chi connectivity index (χ3n) is 2.91. The minimum absolute atomic E-state index is 0.167. The molecule has 0 aromatic rings. The number of hydrogen-bond donors (Lipinski definition) is 1. The fraction of sp³-hybridized carbons (Fsp3) is 1.00. The Morgan fingerprint density at radius 2 is 1.16 bits per heavy atom. The summed E-state index contributed by atoms with van der Waals surface area (Å²) >= 11 is 0. The first-order valence-corrected chi connectivity index (χ1v) is 7.67. The van der Waals surface area contributed by atoms with Gasteiger partial charge in [-0.15, -0.1) is 0 Å². The van der Waals surface area contributed by atoms with Crippen molar-refractivity contribution in [1.29, 1.82) is 0 Å². The van der Waals surface area contributed by atoms with Crippen LogP contribution in [0.5, 0.6) is 0 Å². The first kappa shape index (κ1) is 16.9. The summed E-state index contributed by atoms with van der Waals surface area (Å²) < 4.78 is 15.1. The molecule has 0 spiro atoms. The van der Waals surface area contributed by atoms with Gasteiger partial charge in [-0.3, -0.25) is 0 Å². The molecule has 3 rings (SSSR count). The molecule has 0 amide bonds. The lowest BCUT2D eigenvalue weighted by molar-refractivity contribution is 0.102. The summed E-state index contributed by atoms with van der Waals surface area (Å²) in [6.45, 7) is 6.71. The minimum Gasteiger partial charge on any atom is -0.394 e. The molecule has 4 heteroatoms. The van der Waals surface area contributed by atoms with Crippen molar-refractivity contribution >= 4 is 0 Å². The van der Waals surface area contributed by atoms with Crippen molar-refractivity contribution in [2.75, 3.05) is 26.4 Å². The molecule has 2 heterocycles. The van der Waals surface area contributed by atoms with Gasteiger partial charge in [0.25, 0.3) is 0 Å². The number of ether oxygens (including phenoxy) is 3. The van der Waals surface area contributed by atoms with Gasteiger partial charge in [-0.25, -0.2) is 0 Å². The third-order valence-corrected chi connectivity index (χ3v) is 2.91. The van der Waals surface area contributed by atoms with E-state index < -0.39 is 0 Å². The summed E-state index contributed by atoms with van der Waals surface area (Å²) in [7, 11) is 0. The minimum atomic E-state index is -0.167. The zero-order chi connectivity index (χ0) is 13.9. The van der Waals surface area contributed by atoms with E-state index in [-0.39, 0.29) is 6.10 Å². The van der Waals surface area contributed by atoms with Crippen LogP contribution in [-0.4, -0.2) is 49.8 Å². The Bertz CT molecular complexity index is 170. The van der Waals surface area contributed by atoms with Crippen LogP contribution in [0.3, 0.4) is 0 Å². The van der Waals surface area contributed by atoms with Gasteiger partial charge in [0.05, 0.1) is 26.4 Å². The molecule has 2 atom stereocenters. The Morgan fingerprint density at radius 1 is 0.895 bits per heavy atom. The quantitative estimate of drug-likeness (QED) is 0.800. The van der Waals surface area contributed by atoms with Crippen LogP contribution in [-0.2, 0) is 14.2 Å². The SMILES string of the molecule is C(OCC1CO1)C1CO1.C1CCCCC1.CC(C)O. The first-order valence-electron chi connectivity index (χ1n) is 7.67. The highest BCUT2D eigenvalue weighted by molar-refractivity contribution is 4.71. The van der Waals surface area contributed by atoms with Crippen molar-refractivity contribution in [3.8, 4) is 0 Å². The van der Waals surface area contributed by atoms with Crippen molar-refractivity contribution in [3.05, 3.63) is 0 Å². The molecule has 3 aliphatic rings. The average molecular weight is 274 g/mol. The zero-order valence-electron chi connectivity index (χ0n) is 12.5. The van der Waals surface area contributed by atoms with Crippen molar-refractivity contribution in [2.24, 2.45) is 0 Å². The highest BCUT2D eigenvalue weighted by atomic mass is 16.6. The normalized spacial score (nSPS) is 27.8. The topological polar surface area (TPSA) is 54.5 Å². The Labute approximate surface area is 117 Å². The van der Waals surface area contributed by atoms with E-state index in [4.69, 9.17) is 19.3 Å². The van der Waals surface area contributed by atoms with E-state index in [1.807, 2.05) is 0 Å². The monoisotopic (exact) mass is 274 g/mol. The van der Waals surface area contributed by atoms with Crippen LogP contribution in [0.2, 0.25) is 0 Å². The summed E-state index contributed by atoms with van der Waals surface area (Å²) in [6.07, 6.45) is 9.62. The third kappa shape index (κ3) is 14.1. The van der Waals surface area contributed by atoms with Gasteiger partial charge in [0.15, 0.2) is 0 Å². The van der Waals surface area contributed by atoms with E-state index in [0.717, 1.165) is 26.4 Å². The van der Waals surface area contributed by atoms with Gasteiger partial charge in [0.1, 0.15) is 12.2 Å². The van der Waals surface area contributed by atoms with Gasteiger partial charge in [-0.2, -0.15) is 0 Å². The Hall–Kier alpha value is -0.160. The molecule has 0 aromatic heterocycles. The lowest BCUT2D eigenvalue weighted by atomic mass is 10.0. The van der Waals surface area contributed by atoms with Gasteiger partial charge in [0, 0.05) is 6.10 Å². The van der Waals surface area contributed by atoms with Crippen molar-refractivity contribution in [2.45, 2.75) is 70.7 Å². The molecule has 1 saturated carbocycles. The Balaban J connectivity index is 0.000000158. The largest absolute Gasteiger partial charge is 0.394 e. The van der Waals surface area contributed by atoms with E-state index in [0.29, 0.717) is 12.2 Å². The maximum atomic E-state index is 8.06. The van der Waals surface area contributed by atoms with E-state index in [1.165, 1.54) is 38.5 Å². The second-order valence-corrected chi connectivity index (χ2v) is 5.66. The van der Waals surface area contributed by atoms with E-state index in [9.17, 15) is 0 Å². The number of rotatable bonds is 4. The highest BCUT2D eigenvalue weighted by Crippen LogP contribution is 2.15. The lowest BCUT2D eigenvalue weighted by Gasteiger charge is -2.05. The lowest BCUT2D eigenvalue weighted by Crippen LogP contribution is -2.06. The van der Waals surface area contributed by atoms with Crippen molar-refractivity contribution in [3.63, 3.8) is 0 Å². The highest BCUT2D eigenvalue weighted by Gasteiger charge is 2.26. The van der Waals surface area contributed by atoms with Crippen molar-refractivity contribution in [1.82, 2.24) is 0 Å². The van der Waals surface area contributed by atoms with Crippen LogP contribution < -0.4 is 0 Å². The molecule has 1 aliphatic carbocycles. The molecule has 19 heavy (non-hydrogen) atoms. The van der Waals surface area contributed by atoms with Gasteiger partial charge < -0.3 is 19.3 Å². The van der Waals surface area contributed by atoms with Crippen LogP contribution in [0.1, 0.15) is 52.4 Å². The zero-order valence-corrected chi connectivity index (χ0v) is 12.5. The Morgan fingerprint density at radius 3 is 1.37 bits per heavy atom. The fourth-order valence-corrected chi connectivity index (χ4v) is 1.72. The van der Waals surface area contributed by atoms with E-state index in [2.05, 4.69) is 0 Å². The van der Waals surface area contributed by atoms with E-state index in [1.54, 1.807) is 13.8 Å². The molecular weight excluding hydrogens is 244 g/mol. The summed E-state index contributed by atoms with van der Waals surface area (Å²) in [6, 6.07) is 0. The van der Waals surface area contributed by atoms with Gasteiger partial charge >= 0.3 is 0 Å². The average Bonchev–Trinajstić information content (AvgIpc) is 3.26. The molecule has 0 aromatic carbocycles. The fourth-order valence-electron chi connectivity index (χ4n) is 1.72. The number of hydrogen-bond acceptors (Lipinski definition) is 4. The molecule has 2 unspecified atom stereocenters. The molecule has 1 N–H and O–H groups in total. The maximum absolute atomic E-state index is 8.06. The summed E-state index contributed by atoms with van der Waals surface area (Å²) in [4.78, 5) is 0. The molecule has 3 fully saturated rings. The molecule has 0 radical (unpaired) electrons. The standard InChI is InChI=1S/C6H10O3.C6H12.C3H8O/c1(5-3-8-5)7-2-6-4-9-6;1-2-4-6-5-3-1;1-3(2)4/h5-6H,1-4H2;1-6H2;3-4H,1-2H3. The predicted molar refractivity (Wildman–Crippen MR) is 75.4 cm³/mol. The molecule has 2 aliphatic heterocycles. The second-order valence-electron chi connectivity index (χ2n) is 5.66.